The summed E-state index contributed by atoms with van der Waals surface area (Å²) < 4.78 is 35.6. The van der Waals surface area contributed by atoms with Crippen LogP contribution in [0.2, 0.25) is 5.02 Å². The Morgan fingerprint density at radius 2 is 1.73 bits per heavy atom. The zero-order valence-electron chi connectivity index (χ0n) is 23.6. The first-order valence-electron chi connectivity index (χ1n) is 15.3. The molecule has 2 aliphatic heterocycles. The lowest BCUT2D eigenvalue weighted by atomic mass is 9.69. The van der Waals surface area contributed by atoms with E-state index >= 15 is 0 Å². The molecule has 0 spiro atoms. The second-order valence-electron chi connectivity index (χ2n) is 12.5. The highest BCUT2D eigenvalue weighted by Crippen LogP contribution is 2.42. The molecule has 1 amide bonds. The van der Waals surface area contributed by atoms with E-state index in [9.17, 15) is 18.3 Å². The highest BCUT2D eigenvalue weighted by atomic mass is 35.5. The Kier molecular flexibility index (Phi) is 8.53. The molecule has 0 radical (unpaired) electrons. The van der Waals surface area contributed by atoms with Gasteiger partial charge < -0.3 is 14.7 Å². The molecule has 6 rings (SSSR count). The number of nitrogens with zero attached hydrogens (tertiary/aromatic N) is 1. The molecule has 2 aromatic rings. The lowest BCUT2D eigenvalue weighted by molar-refractivity contribution is 0.00883. The third-order valence-corrected chi connectivity index (χ3v) is 12.1. The van der Waals surface area contributed by atoms with Crippen molar-refractivity contribution < 1.29 is 23.1 Å². The first kappa shape index (κ1) is 28.8. The normalized spacial score (nSPS) is 30.3. The second kappa shape index (κ2) is 12.1. The molecule has 4 aliphatic rings. The van der Waals surface area contributed by atoms with Crippen molar-refractivity contribution in [1.29, 1.82) is 0 Å². The number of fused-ring (bicyclic) bond motifs is 4. The van der Waals surface area contributed by atoms with Crippen LogP contribution >= 0.6 is 11.6 Å². The molecule has 0 saturated heterocycles. The fourth-order valence-electron chi connectivity index (χ4n) is 7.50. The Hall–Kier alpha value is -2.29. The number of aliphatic hydroxyl groups is 1. The molecule has 2 N–H and O–H groups in total. The van der Waals surface area contributed by atoms with E-state index in [0.29, 0.717) is 41.7 Å². The first-order chi connectivity index (χ1) is 19.8. The number of carbonyl (C=O) groups excluding carboxylic acids is 1. The van der Waals surface area contributed by atoms with Crippen LogP contribution in [0.15, 0.2) is 36.4 Å². The Labute approximate surface area is 248 Å². The second-order valence-corrected chi connectivity index (χ2v) is 14.8. The highest BCUT2D eigenvalue weighted by molar-refractivity contribution is 7.90. The maximum absolute atomic E-state index is 13.4. The van der Waals surface area contributed by atoms with Crippen molar-refractivity contribution >= 4 is 33.2 Å². The number of aryl methyl sites for hydroxylation is 1. The number of benzene rings is 2. The van der Waals surface area contributed by atoms with Gasteiger partial charge in [-0.1, -0.05) is 30.5 Å². The summed E-state index contributed by atoms with van der Waals surface area (Å²) in [6.07, 6.45) is 9.08. The molecular formula is C32H41ClN2O5S. The summed E-state index contributed by atoms with van der Waals surface area (Å²) in [5, 5.41) is 11.3. The minimum absolute atomic E-state index is 0.0201. The minimum atomic E-state index is -3.83. The van der Waals surface area contributed by atoms with Crippen molar-refractivity contribution in [2.24, 2.45) is 17.8 Å². The summed E-state index contributed by atoms with van der Waals surface area (Å²) in [4.78, 5) is 15.7. The van der Waals surface area contributed by atoms with Gasteiger partial charge in [-0.3, -0.25) is 4.79 Å². The molecule has 2 aromatic carbocycles. The number of ether oxygens (including phenoxy) is 1. The summed E-state index contributed by atoms with van der Waals surface area (Å²) in [6.45, 7) is 1.92. The largest absolute Gasteiger partial charge is 0.487 e. The van der Waals surface area contributed by atoms with E-state index in [-0.39, 0.29) is 17.9 Å². The number of hydrogen-bond acceptors (Lipinski definition) is 6. The fraction of sp³-hybridized carbons (Fsp3) is 0.594. The number of rotatable bonds is 0. The Morgan fingerprint density at radius 1 is 0.902 bits per heavy atom. The number of aliphatic hydroxyl groups excluding tert-OH is 1. The number of amides is 1. The zero-order valence-corrected chi connectivity index (χ0v) is 25.1. The summed E-state index contributed by atoms with van der Waals surface area (Å²) in [5.74, 6) is 0.708. The van der Waals surface area contributed by atoms with Gasteiger partial charge in [0.05, 0.1) is 17.0 Å². The average molecular weight is 601 g/mol. The fourth-order valence-corrected chi connectivity index (χ4v) is 9.48. The van der Waals surface area contributed by atoms with Gasteiger partial charge in [-0.05, 0) is 117 Å². The van der Waals surface area contributed by atoms with Crippen LogP contribution in [0.25, 0.3) is 0 Å². The summed E-state index contributed by atoms with van der Waals surface area (Å²) in [5.41, 5.74) is 3.39. The lowest BCUT2D eigenvalue weighted by Gasteiger charge is -2.43. The number of halogens is 1. The van der Waals surface area contributed by atoms with Crippen LogP contribution < -0.4 is 14.4 Å². The molecule has 2 bridgehead atoms. The van der Waals surface area contributed by atoms with Gasteiger partial charge in [0.15, 0.2) is 0 Å². The maximum atomic E-state index is 13.4. The molecule has 2 fully saturated rings. The number of carbonyl (C=O) groups is 1. The van der Waals surface area contributed by atoms with Crippen LogP contribution in [0, 0.1) is 17.8 Å². The van der Waals surface area contributed by atoms with Gasteiger partial charge in [0, 0.05) is 23.7 Å². The summed E-state index contributed by atoms with van der Waals surface area (Å²) >= 11 is 6.31. The highest BCUT2D eigenvalue weighted by Gasteiger charge is 2.40. The molecule has 2 saturated carbocycles. The molecule has 41 heavy (non-hydrogen) atoms. The van der Waals surface area contributed by atoms with E-state index < -0.39 is 21.2 Å². The average Bonchev–Trinajstić information content (AvgIpc) is 3.39. The van der Waals surface area contributed by atoms with Gasteiger partial charge >= 0.3 is 0 Å². The van der Waals surface area contributed by atoms with Crippen LogP contribution in [0.3, 0.4) is 0 Å². The molecule has 5 atom stereocenters. The quantitative estimate of drug-likeness (QED) is 0.393. The van der Waals surface area contributed by atoms with Gasteiger partial charge in [-0.15, -0.1) is 0 Å². The number of anilines is 1. The van der Waals surface area contributed by atoms with Gasteiger partial charge in [-0.25, -0.2) is 13.1 Å². The van der Waals surface area contributed by atoms with E-state index in [4.69, 9.17) is 16.3 Å². The molecule has 7 nitrogen and oxygen atoms in total. The smallest absolute Gasteiger partial charge is 0.264 e. The monoisotopic (exact) mass is 600 g/mol. The van der Waals surface area contributed by atoms with Crippen LogP contribution in [0.5, 0.6) is 5.75 Å². The zero-order chi connectivity index (χ0) is 28.6. The van der Waals surface area contributed by atoms with E-state index in [0.717, 1.165) is 82.1 Å². The van der Waals surface area contributed by atoms with E-state index in [1.807, 2.05) is 18.2 Å². The third-order valence-electron chi connectivity index (χ3n) is 9.96. The Balaban J connectivity index is 1.36. The van der Waals surface area contributed by atoms with Crippen LogP contribution in [-0.4, -0.2) is 43.9 Å². The molecule has 2 aliphatic carbocycles. The molecular weight excluding hydrogens is 560 g/mol. The van der Waals surface area contributed by atoms with E-state index in [2.05, 4.69) is 9.62 Å². The first-order valence-corrected chi connectivity index (χ1v) is 17.2. The molecule has 222 valence electrons. The third kappa shape index (κ3) is 6.25. The molecule has 9 heteroatoms. The maximum Gasteiger partial charge on any atom is 0.264 e. The van der Waals surface area contributed by atoms with Gasteiger partial charge in [0.1, 0.15) is 12.4 Å². The van der Waals surface area contributed by atoms with Crippen molar-refractivity contribution in [3.05, 3.63) is 58.1 Å². The lowest BCUT2D eigenvalue weighted by Crippen LogP contribution is -2.44. The minimum Gasteiger partial charge on any atom is -0.487 e. The van der Waals surface area contributed by atoms with Gasteiger partial charge in [0.2, 0.25) is 10.0 Å². The number of nitrogens with one attached hydrogen (secondary N) is 1. The standard InChI is InChI=1S/C32H41ClN2O5S/c33-26-13-10-25-20-40-30-15-12-23-18-28(30)35(16-2-1-5-22(25)17-26)19-24-11-14-27(24)29(36)8-3-6-21-7-4-9-31(21)41(38,39)34-32(23)37/h10,12-13,15,17-18,21,24,27,29,31,36H,1-9,11,14,16,19-20H2,(H,34,37)/t21-,24+,27-,29+,31-/m1/s1. The molecule has 0 aromatic heterocycles. The SMILES string of the molecule is O=C1NS(=O)(=O)[C@@H]2CCC[C@H]2CCC[C@H](O)[C@@H]2CC[C@H]2CN2CCCCc3cc(Cl)ccc3COc3ccc1cc32. The summed E-state index contributed by atoms with van der Waals surface area (Å²) in [7, 11) is -3.83. The van der Waals surface area contributed by atoms with Crippen molar-refractivity contribution in [2.45, 2.75) is 88.6 Å². The van der Waals surface area contributed by atoms with E-state index in [1.54, 1.807) is 18.2 Å². The Bertz CT molecular complexity index is 1380. The Morgan fingerprint density at radius 3 is 2.54 bits per heavy atom. The predicted octanol–water partition coefficient (Wildman–Crippen LogP) is 5.86. The summed E-state index contributed by atoms with van der Waals surface area (Å²) in [6, 6.07) is 11.2. The van der Waals surface area contributed by atoms with Crippen LogP contribution in [-0.2, 0) is 23.1 Å². The van der Waals surface area contributed by atoms with Crippen molar-refractivity contribution in [3.8, 4) is 5.75 Å². The topological polar surface area (TPSA) is 95.9 Å². The van der Waals surface area contributed by atoms with Crippen molar-refractivity contribution in [2.75, 3.05) is 18.0 Å². The number of sulfonamides is 1. The molecule has 0 unspecified atom stereocenters. The van der Waals surface area contributed by atoms with Crippen molar-refractivity contribution in [1.82, 2.24) is 4.72 Å². The molecule has 2 heterocycles. The van der Waals surface area contributed by atoms with Gasteiger partial charge in [-0.2, -0.15) is 0 Å². The van der Waals surface area contributed by atoms with Gasteiger partial charge in [0.25, 0.3) is 5.91 Å². The number of hydrogen-bond donors (Lipinski definition) is 2. The van der Waals surface area contributed by atoms with E-state index in [1.165, 1.54) is 5.56 Å². The van der Waals surface area contributed by atoms with Crippen LogP contribution in [0.4, 0.5) is 5.69 Å². The predicted molar refractivity (Wildman–Crippen MR) is 161 cm³/mol. The van der Waals surface area contributed by atoms with Crippen molar-refractivity contribution in [3.63, 3.8) is 0 Å². The van der Waals surface area contributed by atoms with Crippen LogP contribution in [0.1, 0.15) is 85.7 Å².